The SMILES string of the molecule is Cc1cc(Br)cc(CN)c1OC1CCCCCC1. The lowest BCUT2D eigenvalue weighted by atomic mass is 10.1. The van der Waals surface area contributed by atoms with Crippen molar-refractivity contribution in [1.82, 2.24) is 0 Å². The molecular formula is C15H22BrNO. The van der Waals surface area contributed by atoms with Crippen LogP contribution in [0.4, 0.5) is 0 Å². The topological polar surface area (TPSA) is 35.2 Å². The van der Waals surface area contributed by atoms with E-state index in [2.05, 4.69) is 35.0 Å². The molecule has 1 aliphatic rings. The highest BCUT2D eigenvalue weighted by molar-refractivity contribution is 9.10. The summed E-state index contributed by atoms with van der Waals surface area (Å²) in [6, 6.07) is 4.17. The molecule has 100 valence electrons. The average molecular weight is 312 g/mol. The van der Waals surface area contributed by atoms with Crippen LogP contribution in [-0.4, -0.2) is 6.10 Å². The first-order valence-electron chi connectivity index (χ1n) is 6.86. The Morgan fingerprint density at radius 1 is 1.22 bits per heavy atom. The molecule has 1 fully saturated rings. The van der Waals surface area contributed by atoms with Crippen LogP contribution in [0.1, 0.15) is 49.7 Å². The van der Waals surface area contributed by atoms with Gasteiger partial charge in [0.15, 0.2) is 0 Å². The minimum absolute atomic E-state index is 0.373. The van der Waals surface area contributed by atoms with E-state index in [1.54, 1.807) is 0 Å². The van der Waals surface area contributed by atoms with Gasteiger partial charge < -0.3 is 10.5 Å². The molecule has 0 aromatic heterocycles. The van der Waals surface area contributed by atoms with Crippen LogP contribution in [0.5, 0.6) is 5.75 Å². The summed E-state index contributed by atoms with van der Waals surface area (Å²) in [5.41, 5.74) is 8.10. The molecule has 1 saturated carbocycles. The summed E-state index contributed by atoms with van der Waals surface area (Å²) in [5, 5.41) is 0. The molecule has 1 aromatic carbocycles. The molecule has 0 heterocycles. The number of nitrogens with two attached hydrogens (primary N) is 1. The van der Waals surface area contributed by atoms with Crippen LogP contribution in [0.2, 0.25) is 0 Å². The molecule has 1 aromatic rings. The largest absolute Gasteiger partial charge is 0.490 e. The highest BCUT2D eigenvalue weighted by Gasteiger charge is 2.16. The highest BCUT2D eigenvalue weighted by Crippen LogP contribution is 2.31. The zero-order valence-corrected chi connectivity index (χ0v) is 12.6. The molecule has 2 nitrogen and oxygen atoms in total. The second kappa shape index (κ2) is 6.58. The van der Waals surface area contributed by atoms with Gasteiger partial charge in [0.05, 0.1) is 6.10 Å². The number of hydrogen-bond acceptors (Lipinski definition) is 2. The van der Waals surface area contributed by atoms with Gasteiger partial charge in [-0.05, 0) is 50.3 Å². The van der Waals surface area contributed by atoms with Gasteiger partial charge in [-0.15, -0.1) is 0 Å². The van der Waals surface area contributed by atoms with Gasteiger partial charge in [0.1, 0.15) is 5.75 Å². The maximum atomic E-state index is 6.24. The van der Waals surface area contributed by atoms with Gasteiger partial charge in [-0.1, -0.05) is 28.8 Å². The Morgan fingerprint density at radius 3 is 2.50 bits per heavy atom. The quantitative estimate of drug-likeness (QED) is 0.844. The number of ether oxygens (including phenoxy) is 1. The summed E-state index contributed by atoms with van der Waals surface area (Å²) in [6.07, 6.45) is 8.01. The Hall–Kier alpha value is -0.540. The number of rotatable bonds is 3. The number of aryl methyl sites for hydroxylation is 1. The summed E-state index contributed by atoms with van der Waals surface area (Å²) < 4.78 is 7.32. The van der Waals surface area contributed by atoms with E-state index in [-0.39, 0.29) is 0 Å². The molecule has 0 amide bonds. The fraction of sp³-hybridized carbons (Fsp3) is 0.600. The van der Waals surface area contributed by atoms with Crippen LogP contribution in [0.25, 0.3) is 0 Å². The second-order valence-corrected chi connectivity index (χ2v) is 6.06. The van der Waals surface area contributed by atoms with E-state index in [4.69, 9.17) is 10.5 Å². The van der Waals surface area contributed by atoms with Crippen molar-refractivity contribution in [2.24, 2.45) is 5.73 Å². The minimum Gasteiger partial charge on any atom is -0.490 e. The van der Waals surface area contributed by atoms with Crippen LogP contribution in [-0.2, 0) is 6.54 Å². The van der Waals surface area contributed by atoms with Crippen LogP contribution in [0, 0.1) is 6.92 Å². The van der Waals surface area contributed by atoms with Gasteiger partial charge in [-0.3, -0.25) is 0 Å². The Kier molecular flexibility index (Phi) is 5.07. The van der Waals surface area contributed by atoms with Crippen molar-refractivity contribution >= 4 is 15.9 Å². The Morgan fingerprint density at radius 2 is 1.89 bits per heavy atom. The van der Waals surface area contributed by atoms with Gasteiger partial charge in [-0.2, -0.15) is 0 Å². The summed E-state index contributed by atoms with van der Waals surface area (Å²) >= 11 is 3.51. The molecule has 0 aliphatic heterocycles. The Balaban J connectivity index is 2.16. The van der Waals surface area contributed by atoms with Crippen LogP contribution < -0.4 is 10.5 Å². The second-order valence-electron chi connectivity index (χ2n) is 5.15. The molecule has 0 unspecified atom stereocenters. The first-order chi connectivity index (χ1) is 8.70. The van der Waals surface area contributed by atoms with Crippen molar-refractivity contribution in [2.75, 3.05) is 0 Å². The molecule has 0 bridgehead atoms. The molecule has 2 rings (SSSR count). The standard InChI is InChI=1S/C15H22BrNO/c1-11-8-13(16)9-12(10-17)15(11)18-14-6-4-2-3-5-7-14/h8-9,14H,2-7,10,17H2,1H3. The molecule has 0 radical (unpaired) electrons. The zero-order valence-electron chi connectivity index (χ0n) is 11.0. The number of benzene rings is 1. The minimum atomic E-state index is 0.373. The lowest BCUT2D eigenvalue weighted by molar-refractivity contribution is 0.180. The summed E-state index contributed by atoms with van der Waals surface area (Å²) in [7, 11) is 0. The molecule has 2 N–H and O–H groups in total. The van der Waals surface area contributed by atoms with Crippen molar-refractivity contribution in [3.05, 3.63) is 27.7 Å². The third kappa shape index (κ3) is 3.48. The monoisotopic (exact) mass is 311 g/mol. The van der Waals surface area contributed by atoms with E-state index in [0.29, 0.717) is 12.6 Å². The van der Waals surface area contributed by atoms with E-state index < -0.39 is 0 Å². The zero-order chi connectivity index (χ0) is 13.0. The highest BCUT2D eigenvalue weighted by atomic mass is 79.9. The molecule has 1 aliphatic carbocycles. The van der Waals surface area contributed by atoms with E-state index in [1.807, 2.05) is 0 Å². The maximum absolute atomic E-state index is 6.24. The first-order valence-corrected chi connectivity index (χ1v) is 7.65. The molecule has 0 saturated heterocycles. The molecular weight excluding hydrogens is 290 g/mol. The van der Waals surface area contributed by atoms with E-state index >= 15 is 0 Å². The van der Waals surface area contributed by atoms with E-state index in [9.17, 15) is 0 Å². The van der Waals surface area contributed by atoms with E-state index in [0.717, 1.165) is 15.8 Å². The predicted octanol–water partition coefficient (Wildman–Crippen LogP) is 4.32. The van der Waals surface area contributed by atoms with Crippen molar-refractivity contribution in [3.63, 3.8) is 0 Å². The van der Waals surface area contributed by atoms with Crippen molar-refractivity contribution < 1.29 is 4.74 Å². The van der Waals surface area contributed by atoms with Gasteiger partial charge in [0.25, 0.3) is 0 Å². The van der Waals surface area contributed by atoms with Crippen molar-refractivity contribution in [1.29, 1.82) is 0 Å². The number of hydrogen-bond donors (Lipinski definition) is 1. The predicted molar refractivity (Wildman–Crippen MR) is 78.9 cm³/mol. The fourth-order valence-corrected chi connectivity index (χ4v) is 3.27. The molecule has 3 heteroatoms. The number of halogens is 1. The summed E-state index contributed by atoms with van der Waals surface area (Å²) in [5.74, 6) is 1.01. The summed E-state index contributed by atoms with van der Waals surface area (Å²) in [6.45, 7) is 2.62. The Bertz CT molecular complexity index is 398. The Labute approximate surface area is 118 Å². The van der Waals surface area contributed by atoms with Gasteiger partial charge in [-0.25, -0.2) is 0 Å². The van der Waals surface area contributed by atoms with E-state index in [1.165, 1.54) is 44.1 Å². The first kappa shape index (κ1) is 13.9. The smallest absolute Gasteiger partial charge is 0.127 e. The fourth-order valence-electron chi connectivity index (χ4n) is 2.65. The molecule has 0 atom stereocenters. The molecule has 18 heavy (non-hydrogen) atoms. The maximum Gasteiger partial charge on any atom is 0.127 e. The lowest BCUT2D eigenvalue weighted by Gasteiger charge is -2.21. The third-order valence-corrected chi connectivity index (χ3v) is 4.08. The average Bonchev–Trinajstić information content (AvgIpc) is 2.60. The van der Waals surface area contributed by atoms with Gasteiger partial charge in [0, 0.05) is 16.6 Å². The van der Waals surface area contributed by atoms with Crippen LogP contribution in [0.3, 0.4) is 0 Å². The van der Waals surface area contributed by atoms with Gasteiger partial charge in [0.2, 0.25) is 0 Å². The van der Waals surface area contributed by atoms with Gasteiger partial charge >= 0.3 is 0 Å². The molecule has 0 spiro atoms. The van der Waals surface area contributed by atoms with Crippen LogP contribution >= 0.6 is 15.9 Å². The summed E-state index contributed by atoms with van der Waals surface area (Å²) in [4.78, 5) is 0. The lowest BCUT2D eigenvalue weighted by Crippen LogP contribution is -2.17. The normalized spacial score (nSPS) is 17.5. The van der Waals surface area contributed by atoms with Crippen LogP contribution in [0.15, 0.2) is 16.6 Å². The third-order valence-electron chi connectivity index (χ3n) is 3.62. The van der Waals surface area contributed by atoms with Crippen molar-refractivity contribution in [3.8, 4) is 5.75 Å². The van der Waals surface area contributed by atoms with Crippen molar-refractivity contribution in [2.45, 2.75) is 58.1 Å².